The highest BCUT2D eigenvalue weighted by Crippen LogP contribution is 2.38. The van der Waals surface area contributed by atoms with Crippen LogP contribution in [0.2, 0.25) is 0 Å². The van der Waals surface area contributed by atoms with Crippen molar-refractivity contribution in [2.24, 2.45) is 0 Å². The molecule has 170 valence electrons. The molecular formula is C25H22FN7S. The standard InChI is InChI=1S/C25H22FN7S/c1-16-22(14-30-33(16)21-5-7-31(2)8-6-21)18-9-24(25-19(12-28)13-29-32(25)15-18)34-23-10-20(26)4-3-17(23)11-27/h3-4,9-10,13-15,21H,5-8H2,1-2H3. The average Bonchev–Trinajstić information content (AvgIpc) is 3.43. The maximum Gasteiger partial charge on any atom is 0.124 e. The van der Waals surface area contributed by atoms with Gasteiger partial charge in [0.2, 0.25) is 0 Å². The van der Waals surface area contributed by atoms with Crippen LogP contribution in [0.3, 0.4) is 0 Å². The Bertz CT molecular complexity index is 1470. The number of rotatable bonds is 4. The molecule has 1 aliphatic heterocycles. The molecule has 0 spiro atoms. The molecule has 1 aliphatic rings. The summed E-state index contributed by atoms with van der Waals surface area (Å²) in [6.07, 6.45) is 7.40. The van der Waals surface area contributed by atoms with Gasteiger partial charge in [0.25, 0.3) is 0 Å². The second-order valence-electron chi connectivity index (χ2n) is 8.53. The van der Waals surface area contributed by atoms with E-state index in [1.807, 2.05) is 18.5 Å². The van der Waals surface area contributed by atoms with Gasteiger partial charge in [-0.2, -0.15) is 20.7 Å². The van der Waals surface area contributed by atoms with Crippen molar-refractivity contribution in [3.8, 4) is 23.3 Å². The third kappa shape index (κ3) is 3.94. The average molecular weight is 472 g/mol. The second kappa shape index (κ2) is 8.94. The molecular weight excluding hydrogens is 449 g/mol. The number of hydrogen-bond acceptors (Lipinski definition) is 6. The normalized spacial score (nSPS) is 14.9. The van der Waals surface area contributed by atoms with Gasteiger partial charge < -0.3 is 4.90 Å². The lowest BCUT2D eigenvalue weighted by Gasteiger charge is -2.29. The molecule has 1 fully saturated rings. The van der Waals surface area contributed by atoms with E-state index in [4.69, 9.17) is 5.10 Å². The zero-order valence-electron chi connectivity index (χ0n) is 18.9. The summed E-state index contributed by atoms with van der Waals surface area (Å²) >= 11 is 1.26. The summed E-state index contributed by atoms with van der Waals surface area (Å²) in [7, 11) is 2.14. The largest absolute Gasteiger partial charge is 0.306 e. The summed E-state index contributed by atoms with van der Waals surface area (Å²) in [6.45, 7) is 4.16. The van der Waals surface area contributed by atoms with Crippen LogP contribution in [0.5, 0.6) is 0 Å². The van der Waals surface area contributed by atoms with Crippen LogP contribution in [0, 0.1) is 35.4 Å². The molecule has 0 N–H and O–H groups in total. The molecule has 5 rings (SSSR count). The van der Waals surface area contributed by atoms with Gasteiger partial charge in [0.05, 0.1) is 35.1 Å². The number of fused-ring (bicyclic) bond motifs is 1. The Morgan fingerprint density at radius 3 is 2.53 bits per heavy atom. The van der Waals surface area contributed by atoms with Crippen molar-refractivity contribution in [2.45, 2.75) is 35.6 Å². The van der Waals surface area contributed by atoms with Crippen LogP contribution in [0.25, 0.3) is 16.6 Å². The molecule has 3 aromatic heterocycles. The molecule has 0 atom stereocenters. The van der Waals surface area contributed by atoms with Crippen LogP contribution in [0.15, 0.2) is 52.6 Å². The fraction of sp³-hybridized carbons (Fsp3) is 0.280. The van der Waals surface area contributed by atoms with E-state index in [9.17, 15) is 14.9 Å². The highest BCUT2D eigenvalue weighted by atomic mass is 32.2. The van der Waals surface area contributed by atoms with E-state index in [0.717, 1.165) is 47.6 Å². The van der Waals surface area contributed by atoms with Gasteiger partial charge in [-0.15, -0.1) is 0 Å². The number of likely N-dealkylation sites (tertiary alicyclic amines) is 1. The first-order valence-corrected chi connectivity index (χ1v) is 11.8. The molecule has 0 aliphatic carbocycles. The van der Waals surface area contributed by atoms with Gasteiger partial charge in [-0.05, 0) is 64.2 Å². The first-order valence-electron chi connectivity index (χ1n) is 11.0. The fourth-order valence-corrected chi connectivity index (χ4v) is 5.62. The van der Waals surface area contributed by atoms with E-state index in [2.05, 4.69) is 40.8 Å². The van der Waals surface area contributed by atoms with Crippen molar-refractivity contribution in [2.75, 3.05) is 20.1 Å². The Labute approximate surface area is 201 Å². The molecule has 0 radical (unpaired) electrons. The smallest absolute Gasteiger partial charge is 0.124 e. The van der Waals surface area contributed by atoms with E-state index in [1.165, 1.54) is 36.2 Å². The number of pyridine rings is 1. The lowest BCUT2D eigenvalue weighted by atomic mass is 10.0. The topological polar surface area (TPSA) is 85.9 Å². The zero-order valence-corrected chi connectivity index (χ0v) is 19.7. The third-order valence-corrected chi connectivity index (χ3v) is 7.46. The van der Waals surface area contributed by atoms with E-state index < -0.39 is 5.82 Å². The minimum absolute atomic E-state index is 0.364. The minimum atomic E-state index is -0.419. The quantitative estimate of drug-likeness (QED) is 0.425. The molecule has 1 aromatic carbocycles. The summed E-state index contributed by atoms with van der Waals surface area (Å²) in [5.41, 5.74) is 4.37. The van der Waals surface area contributed by atoms with Gasteiger partial charge in [0.15, 0.2) is 0 Å². The van der Waals surface area contributed by atoms with Gasteiger partial charge in [-0.25, -0.2) is 8.91 Å². The van der Waals surface area contributed by atoms with Gasteiger partial charge >= 0.3 is 0 Å². The monoisotopic (exact) mass is 471 g/mol. The first kappa shape index (κ1) is 22.1. The van der Waals surface area contributed by atoms with Crippen LogP contribution in [-0.2, 0) is 0 Å². The molecule has 0 saturated carbocycles. The number of nitrogens with zero attached hydrogens (tertiary/aromatic N) is 7. The van der Waals surface area contributed by atoms with Crippen molar-refractivity contribution >= 4 is 17.3 Å². The fourth-order valence-electron chi connectivity index (χ4n) is 4.50. The number of hydrogen-bond donors (Lipinski definition) is 0. The molecule has 0 bridgehead atoms. The Kier molecular flexibility index (Phi) is 5.82. The zero-order chi connectivity index (χ0) is 23.8. The maximum absolute atomic E-state index is 14.0. The van der Waals surface area contributed by atoms with Crippen molar-refractivity contribution in [3.63, 3.8) is 0 Å². The maximum atomic E-state index is 14.0. The number of nitriles is 2. The van der Waals surface area contributed by atoms with Gasteiger partial charge in [-0.3, -0.25) is 4.68 Å². The van der Waals surface area contributed by atoms with Crippen molar-refractivity contribution in [1.82, 2.24) is 24.3 Å². The predicted molar refractivity (Wildman–Crippen MR) is 127 cm³/mol. The Balaban J connectivity index is 1.60. The molecule has 9 heteroatoms. The molecule has 4 aromatic rings. The number of piperidine rings is 1. The van der Waals surface area contributed by atoms with Gasteiger partial charge in [0, 0.05) is 32.8 Å². The van der Waals surface area contributed by atoms with E-state index in [1.54, 1.807) is 4.52 Å². The number of aromatic nitrogens is 4. The van der Waals surface area contributed by atoms with Crippen LogP contribution in [-0.4, -0.2) is 44.4 Å². The summed E-state index contributed by atoms with van der Waals surface area (Å²) in [5.74, 6) is -0.419. The molecule has 1 saturated heterocycles. The SMILES string of the molecule is Cc1c(-c2cc(Sc3cc(F)ccc3C#N)c3c(C#N)cnn3c2)cnn1C1CCN(C)CC1. The Morgan fingerprint density at radius 2 is 1.79 bits per heavy atom. The predicted octanol–water partition coefficient (Wildman–Crippen LogP) is 4.81. The Morgan fingerprint density at radius 1 is 1.03 bits per heavy atom. The third-order valence-electron chi connectivity index (χ3n) is 6.37. The molecule has 0 unspecified atom stereocenters. The van der Waals surface area contributed by atoms with Crippen LogP contribution in [0.1, 0.15) is 35.7 Å². The first-order chi connectivity index (χ1) is 16.5. The summed E-state index contributed by atoms with van der Waals surface area (Å²) in [6, 6.07) is 10.7. The van der Waals surface area contributed by atoms with Crippen molar-refractivity contribution < 1.29 is 4.39 Å². The van der Waals surface area contributed by atoms with Crippen LogP contribution in [0.4, 0.5) is 4.39 Å². The lowest BCUT2D eigenvalue weighted by Crippen LogP contribution is -2.32. The number of halogens is 1. The number of benzene rings is 1. The lowest BCUT2D eigenvalue weighted by molar-refractivity contribution is 0.210. The molecule has 4 heterocycles. The molecule has 0 amide bonds. The van der Waals surface area contributed by atoms with E-state index in [0.29, 0.717) is 27.6 Å². The van der Waals surface area contributed by atoms with Gasteiger partial charge in [-0.1, -0.05) is 11.8 Å². The van der Waals surface area contributed by atoms with Crippen molar-refractivity contribution in [1.29, 1.82) is 10.5 Å². The van der Waals surface area contributed by atoms with Crippen LogP contribution >= 0.6 is 11.8 Å². The van der Waals surface area contributed by atoms with Crippen LogP contribution < -0.4 is 0 Å². The summed E-state index contributed by atoms with van der Waals surface area (Å²) in [5, 5.41) is 28.2. The highest BCUT2D eigenvalue weighted by molar-refractivity contribution is 7.99. The second-order valence-corrected chi connectivity index (χ2v) is 9.62. The Hall–Kier alpha value is -3.66. The summed E-state index contributed by atoms with van der Waals surface area (Å²) < 4.78 is 17.8. The molecule has 7 nitrogen and oxygen atoms in total. The summed E-state index contributed by atoms with van der Waals surface area (Å²) in [4.78, 5) is 3.55. The highest BCUT2D eigenvalue weighted by Gasteiger charge is 2.23. The van der Waals surface area contributed by atoms with Gasteiger partial charge in [0.1, 0.15) is 18.0 Å². The minimum Gasteiger partial charge on any atom is -0.306 e. The molecule has 34 heavy (non-hydrogen) atoms. The van der Waals surface area contributed by atoms with Crippen molar-refractivity contribution in [3.05, 3.63) is 65.5 Å². The van der Waals surface area contributed by atoms with E-state index in [-0.39, 0.29) is 0 Å². The van der Waals surface area contributed by atoms with E-state index >= 15 is 0 Å².